The molecule has 112 valence electrons. The number of ether oxygens (including phenoxy) is 1. The zero-order valence-electron chi connectivity index (χ0n) is 12.2. The van der Waals surface area contributed by atoms with Crippen LogP contribution in [0.5, 0.6) is 5.88 Å². The second-order valence-corrected chi connectivity index (χ2v) is 5.57. The Balaban J connectivity index is 2.19. The minimum atomic E-state index is 0.445. The van der Waals surface area contributed by atoms with Gasteiger partial charge in [-0.1, -0.05) is 41.1 Å². The summed E-state index contributed by atoms with van der Waals surface area (Å²) in [6.45, 7) is 3.32. The highest BCUT2D eigenvalue weighted by Gasteiger charge is 2.14. The predicted molar refractivity (Wildman–Crippen MR) is 88.5 cm³/mol. The van der Waals surface area contributed by atoms with E-state index in [2.05, 4.69) is 32.0 Å². The Bertz CT molecular complexity index is 606. The van der Waals surface area contributed by atoms with E-state index in [9.17, 15) is 0 Å². The van der Waals surface area contributed by atoms with Crippen LogP contribution in [0.25, 0.3) is 0 Å². The highest BCUT2D eigenvalue weighted by atomic mass is 79.9. The molecular weight excluding hydrogens is 332 g/mol. The number of benzene rings is 1. The van der Waals surface area contributed by atoms with E-state index in [-0.39, 0.29) is 0 Å². The van der Waals surface area contributed by atoms with Gasteiger partial charge in [-0.15, -0.1) is 0 Å². The van der Waals surface area contributed by atoms with Crippen molar-refractivity contribution in [3.05, 3.63) is 40.6 Å². The molecule has 1 heterocycles. The van der Waals surface area contributed by atoms with Gasteiger partial charge in [-0.05, 0) is 18.1 Å². The molecule has 5 nitrogen and oxygen atoms in total. The lowest BCUT2D eigenvalue weighted by molar-refractivity contribution is 0.306. The van der Waals surface area contributed by atoms with Crippen molar-refractivity contribution in [2.24, 2.45) is 0 Å². The van der Waals surface area contributed by atoms with Crippen LogP contribution >= 0.6 is 15.9 Å². The third kappa shape index (κ3) is 3.85. The quantitative estimate of drug-likeness (QED) is 0.866. The molecule has 2 rings (SSSR count). The maximum Gasteiger partial charge on any atom is 0.242 e. The molecule has 0 aliphatic rings. The van der Waals surface area contributed by atoms with Gasteiger partial charge in [-0.2, -0.15) is 4.98 Å². The van der Waals surface area contributed by atoms with Gasteiger partial charge < -0.3 is 15.4 Å². The number of hydrogen-bond donors (Lipinski definition) is 1. The summed E-state index contributed by atoms with van der Waals surface area (Å²) < 4.78 is 6.60. The zero-order chi connectivity index (χ0) is 15.2. The van der Waals surface area contributed by atoms with E-state index in [1.165, 1.54) is 6.33 Å². The van der Waals surface area contributed by atoms with Crippen LogP contribution in [0.1, 0.15) is 18.9 Å². The Morgan fingerprint density at radius 2 is 2.05 bits per heavy atom. The molecule has 0 atom stereocenters. The van der Waals surface area contributed by atoms with E-state index in [1.807, 2.05) is 37.1 Å². The van der Waals surface area contributed by atoms with Gasteiger partial charge in [-0.25, -0.2) is 4.98 Å². The first-order chi connectivity index (χ1) is 10.1. The van der Waals surface area contributed by atoms with Crippen molar-refractivity contribution < 1.29 is 4.74 Å². The molecule has 2 N–H and O–H groups in total. The molecule has 6 heteroatoms. The third-order valence-electron chi connectivity index (χ3n) is 3.00. The number of anilines is 2. The molecule has 0 spiro atoms. The Morgan fingerprint density at radius 3 is 2.76 bits per heavy atom. The average molecular weight is 351 g/mol. The Hall–Kier alpha value is -1.82. The summed E-state index contributed by atoms with van der Waals surface area (Å²) in [6.07, 6.45) is 2.39. The zero-order valence-corrected chi connectivity index (χ0v) is 13.8. The second-order valence-electron chi connectivity index (χ2n) is 4.71. The minimum absolute atomic E-state index is 0.445. The predicted octanol–water partition coefficient (Wildman–Crippen LogP) is 3.25. The smallest absolute Gasteiger partial charge is 0.242 e. The fourth-order valence-corrected chi connectivity index (χ4v) is 2.36. The number of rotatable bonds is 6. The lowest BCUT2D eigenvalue weighted by Crippen LogP contribution is -2.20. The van der Waals surface area contributed by atoms with Crippen LogP contribution in [-0.4, -0.2) is 23.6 Å². The van der Waals surface area contributed by atoms with Gasteiger partial charge in [0.25, 0.3) is 0 Å². The topological polar surface area (TPSA) is 64.3 Å². The molecule has 0 aliphatic carbocycles. The average Bonchev–Trinajstić information content (AvgIpc) is 2.48. The summed E-state index contributed by atoms with van der Waals surface area (Å²) >= 11 is 3.55. The van der Waals surface area contributed by atoms with E-state index in [1.54, 1.807) is 0 Å². The Labute approximate surface area is 133 Å². The van der Waals surface area contributed by atoms with Crippen LogP contribution in [0.2, 0.25) is 0 Å². The number of nitrogens with zero attached hydrogens (tertiary/aromatic N) is 3. The van der Waals surface area contributed by atoms with E-state index in [0.29, 0.717) is 30.5 Å². The SMILES string of the molecule is CCCOc1ncnc(N(C)Cc2ccccc2Br)c1N. The maximum atomic E-state index is 6.11. The lowest BCUT2D eigenvalue weighted by atomic mass is 10.2. The fourth-order valence-electron chi connectivity index (χ4n) is 1.95. The van der Waals surface area contributed by atoms with E-state index >= 15 is 0 Å². The summed E-state index contributed by atoms with van der Waals surface area (Å²) in [6, 6.07) is 8.07. The first-order valence-electron chi connectivity index (χ1n) is 6.81. The van der Waals surface area contributed by atoms with Crippen LogP contribution in [0.15, 0.2) is 35.1 Å². The van der Waals surface area contributed by atoms with Crippen LogP contribution in [0.3, 0.4) is 0 Å². The molecule has 0 saturated carbocycles. The fraction of sp³-hybridized carbons (Fsp3) is 0.333. The molecule has 0 aliphatic heterocycles. The number of hydrogen-bond acceptors (Lipinski definition) is 5. The number of aromatic nitrogens is 2. The lowest BCUT2D eigenvalue weighted by Gasteiger charge is -2.21. The summed E-state index contributed by atoms with van der Waals surface area (Å²) in [5, 5.41) is 0. The van der Waals surface area contributed by atoms with Crippen molar-refractivity contribution in [1.82, 2.24) is 9.97 Å². The summed E-state index contributed by atoms with van der Waals surface area (Å²) in [4.78, 5) is 10.3. The molecule has 0 radical (unpaired) electrons. The van der Waals surface area contributed by atoms with Gasteiger partial charge in [0.05, 0.1) is 6.61 Å². The summed E-state index contributed by atoms with van der Waals surface area (Å²) in [5.41, 5.74) is 7.75. The maximum absolute atomic E-state index is 6.11. The molecule has 1 aromatic carbocycles. The van der Waals surface area contributed by atoms with Gasteiger partial charge >= 0.3 is 0 Å². The van der Waals surface area contributed by atoms with Gasteiger partial charge in [0.1, 0.15) is 12.0 Å². The van der Waals surface area contributed by atoms with Crippen molar-refractivity contribution in [1.29, 1.82) is 0 Å². The molecule has 0 bridgehead atoms. The van der Waals surface area contributed by atoms with Crippen LogP contribution in [0.4, 0.5) is 11.5 Å². The van der Waals surface area contributed by atoms with Crippen molar-refractivity contribution in [3.8, 4) is 5.88 Å². The molecule has 0 saturated heterocycles. The van der Waals surface area contributed by atoms with E-state index in [4.69, 9.17) is 10.5 Å². The third-order valence-corrected chi connectivity index (χ3v) is 3.77. The molecular formula is C15H19BrN4O. The van der Waals surface area contributed by atoms with E-state index in [0.717, 1.165) is 16.5 Å². The van der Waals surface area contributed by atoms with Gasteiger partial charge in [0.2, 0.25) is 5.88 Å². The van der Waals surface area contributed by atoms with E-state index < -0.39 is 0 Å². The van der Waals surface area contributed by atoms with Crippen LogP contribution in [0, 0.1) is 0 Å². The minimum Gasteiger partial charge on any atom is -0.476 e. The summed E-state index contributed by atoms with van der Waals surface area (Å²) in [5.74, 6) is 1.12. The number of nitrogen functional groups attached to an aromatic ring is 1. The highest BCUT2D eigenvalue weighted by Crippen LogP contribution is 2.29. The van der Waals surface area contributed by atoms with Gasteiger partial charge in [0, 0.05) is 18.1 Å². The monoisotopic (exact) mass is 350 g/mol. The van der Waals surface area contributed by atoms with Gasteiger partial charge in [-0.3, -0.25) is 0 Å². The first-order valence-corrected chi connectivity index (χ1v) is 7.60. The van der Waals surface area contributed by atoms with Crippen molar-refractivity contribution in [2.75, 3.05) is 24.3 Å². The largest absolute Gasteiger partial charge is 0.476 e. The summed E-state index contributed by atoms with van der Waals surface area (Å²) in [7, 11) is 1.95. The molecule has 2 aromatic rings. The molecule has 0 fully saturated rings. The number of halogens is 1. The first kappa shape index (κ1) is 15.6. The normalized spacial score (nSPS) is 10.4. The van der Waals surface area contributed by atoms with Crippen molar-refractivity contribution >= 4 is 27.4 Å². The van der Waals surface area contributed by atoms with Crippen molar-refractivity contribution in [3.63, 3.8) is 0 Å². The standard InChI is InChI=1S/C15H19BrN4O/c1-3-8-21-15-13(17)14(18-10-19-15)20(2)9-11-6-4-5-7-12(11)16/h4-7,10H,3,8-9,17H2,1-2H3. The molecule has 0 unspecified atom stereocenters. The molecule has 21 heavy (non-hydrogen) atoms. The number of nitrogens with two attached hydrogens (primary N) is 1. The molecule has 0 amide bonds. The van der Waals surface area contributed by atoms with Gasteiger partial charge in [0.15, 0.2) is 5.82 Å². The van der Waals surface area contributed by atoms with Crippen LogP contribution in [-0.2, 0) is 6.54 Å². The van der Waals surface area contributed by atoms with Crippen molar-refractivity contribution in [2.45, 2.75) is 19.9 Å². The molecule has 1 aromatic heterocycles. The van der Waals surface area contributed by atoms with Crippen LogP contribution < -0.4 is 15.4 Å². The Kier molecular flexibility index (Phi) is 5.38. The second kappa shape index (κ2) is 7.26. The highest BCUT2D eigenvalue weighted by molar-refractivity contribution is 9.10. The Morgan fingerprint density at radius 1 is 1.29 bits per heavy atom.